The summed E-state index contributed by atoms with van der Waals surface area (Å²) >= 11 is 0. The summed E-state index contributed by atoms with van der Waals surface area (Å²) in [7, 11) is 0. The number of cyclic esters (lactones) is 1. The lowest BCUT2D eigenvalue weighted by atomic mass is 9.63. The number of nitrogens with one attached hydrogen (secondary N) is 1. The zero-order valence-electron chi connectivity index (χ0n) is 25.4. The summed E-state index contributed by atoms with van der Waals surface area (Å²) in [6.45, 7) is 15.2. The van der Waals surface area contributed by atoms with Crippen LogP contribution in [-0.2, 0) is 4.74 Å². The molecular weight excluding hydrogens is 507 g/mol. The van der Waals surface area contributed by atoms with Crippen molar-refractivity contribution in [3.05, 3.63) is 40.9 Å². The van der Waals surface area contributed by atoms with Gasteiger partial charge < -0.3 is 9.94 Å². The maximum atomic E-state index is 14.2. The van der Waals surface area contributed by atoms with Crippen molar-refractivity contribution < 1.29 is 19.1 Å². The standard InChI is InChI=1S/C32H51FN4O3/c1-30(2,3)34-18-15-28(27(21-34)24-11-13-26(33)14-12-24)37(39)35-19-16-32(17-20-35,25-9-7-6-8-10-25)22-36-29(38)40-23-31(36,4)5/h11-14,25,27-28,37H,6-10,15-23H2,1-5H3. The second-order valence-electron chi connectivity index (χ2n) is 14.6. The van der Waals surface area contributed by atoms with Gasteiger partial charge in [0.2, 0.25) is 0 Å². The molecule has 8 heteroatoms. The van der Waals surface area contributed by atoms with E-state index in [1.807, 2.05) is 17.0 Å². The fraction of sp³-hybridized carbons (Fsp3) is 0.781. The molecule has 224 valence electrons. The molecule has 3 saturated heterocycles. The van der Waals surface area contributed by atoms with Gasteiger partial charge in [-0.05, 0) is 89.3 Å². The molecule has 40 heavy (non-hydrogen) atoms. The molecule has 3 aliphatic heterocycles. The minimum Gasteiger partial charge on any atom is -0.613 e. The van der Waals surface area contributed by atoms with E-state index in [4.69, 9.17) is 4.74 Å². The first-order valence-electron chi connectivity index (χ1n) is 15.6. The third-order valence-electron chi connectivity index (χ3n) is 10.7. The Labute approximate surface area is 240 Å². The maximum Gasteiger partial charge on any atom is 0.410 e. The van der Waals surface area contributed by atoms with Crippen molar-refractivity contribution in [1.29, 1.82) is 0 Å². The number of carbonyl (C=O) groups excluding carboxylic acids is 1. The van der Waals surface area contributed by atoms with E-state index in [-0.39, 0.29) is 45.5 Å². The van der Waals surface area contributed by atoms with Gasteiger partial charge in [0, 0.05) is 44.7 Å². The van der Waals surface area contributed by atoms with Gasteiger partial charge in [0.25, 0.3) is 0 Å². The van der Waals surface area contributed by atoms with Crippen LogP contribution in [0.3, 0.4) is 0 Å². The Balaban J connectivity index is 1.33. The minimum absolute atomic E-state index is 0.0154. The quantitative estimate of drug-likeness (QED) is 0.500. The lowest BCUT2D eigenvalue weighted by molar-refractivity contribution is -0.998. The zero-order chi connectivity index (χ0) is 28.7. The molecular formula is C32H51FN4O3. The van der Waals surface area contributed by atoms with Gasteiger partial charge in [-0.15, -0.1) is 0 Å². The first-order chi connectivity index (χ1) is 18.9. The first-order valence-corrected chi connectivity index (χ1v) is 15.6. The van der Waals surface area contributed by atoms with Crippen LogP contribution in [0.4, 0.5) is 9.18 Å². The predicted molar refractivity (Wildman–Crippen MR) is 155 cm³/mol. The summed E-state index contributed by atoms with van der Waals surface area (Å²) in [5.74, 6) is 0.395. The molecule has 0 spiro atoms. The highest BCUT2D eigenvalue weighted by Crippen LogP contribution is 2.47. The van der Waals surface area contributed by atoms with Crippen LogP contribution in [0.1, 0.15) is 97.5 Å². The van der Waals surface area contributed by atoms with Crippen LogP contribution < -0.4 is 5.17 Å². The Morgan fingerprint density at radius 3 is 2.25 bits per heavy atom. The van der Waals surface area contributed by atoms with Crippen molar-refractivity contribution in [3.8, 4) is 0 Å². The summed E-state index contributed by atoms with van der Waals surface area (Å²) in [5, 5.41) is 16.6. The Morgan fingerprint density at radius 1 is 1.02 bits per heavy atom. The number of amides is 1. The largest absolute Gasteiger partial charge is 0.613 e. The topological polar surface area (TPSA) is 63.5 Å². The highest BCUT2D eigenvalue weighted by molar-refractivity contribution is 5.71. The van der Waals surface area contributed by atoms with E-state index >= 15 is 0 Å². The van der Waals surface area contributed by atoms with Crippen LogP contribution in [0.15, 0.2) is 24.3 Å². The highest BCUT2D eigenvalue weighted by Gasteiger charge is 2.50. The number of quaternary nitrogens is 1. The van der Waals surface area contributed by atoms with E-state index in [9.17, 15) is 14.4 Å². The second-order valence-corrected chi connectivity index (χ2v) is 14.6. The van der Waals surface area contributed by atoms with Gasteiger partial charge in [-0.3, -0.25) is 15.0 Å². The van der Waals surface area contributed by atoms with E-state index in [0.29, 0.717) is 12.5 Å². The van der Waals surface area contributed by atoms with Gasteiger partial charge in [0.05, 0.1) is 11.5 Å². The second kappa shape index (κ2) is 11.5. The van der Waals surface area contributed by atoms with E-state index in [1.165, 1.54) is 44.2 Å². The van der Waals surface area contributed by atoms with Crippen molar-refractivity contribution in [3.63, 3.8) is 0 Å². The number of benzene rings is 1. The molecule has 0 bridgehead atoms. The number of halogens is 1. The molecule has 1 amide bonds. The van der Waals surface area contributed by atoms with E-state index < -0.39 is 0 Å². The molecule has 5 rings (SSSR count). The molecule has 4 aliphatic rings. The first kappa shape index (κ1) is 29.7. The molecule has 1 aromatic rings. The highest BCUT2D eigenvalue weighted by atomic mass is 19.1. The molecule has 1 saturated carbocycles. The Kier molecular flexibility index (Phi) is 8.55. The summed E-state index contributed by atoms with van der Waals surface area (Å²) in [4.78, 5) is 17.2. The van der Waals surface area contributed by atoms with Gasteiger partial charge in [0.1, 0.15) is 18.5 Å². The molecule has 3 unspecified atom stereocenters. The van der Waals surface area contributed by atoms with E-state index in [2.05, 4.69) is 44.5 Å². The van der Waals surface area contributed by atoms with Gasteiger partial charge in [-0.1, -0.05) is 31.4 Å². The number of hydrogen-bond acceptors (Lipinski definition) is 5. The fourth-order valence-corrected chi connectivity index (χ4v) is 7.96. The molecule has 0 radical (unpaired) electrons. The lowest BCUT2D eigenvalue weighted by Gasteiger charge is -2.54. The Morgan fingerprint density at radius 2 is 1.68 bits per heavy atom. The molecule has 3 atom stereocenters. The van der Waals surface area contributed by atoms with Crippen LogP contribution >= 0.6 is 0 Å². The average molecular weight is 559 g/mol. The minimum atomic E-state index is -0.297. The van der Waals surface area contributed by atoms with E-state index in [0.717, 1.165) is 57.5 Å². The van der Waals surface area contributed by atoms with Crippen LogP contribution in [0.25, 0.3) is 0 Å². The van der Waals surface area contributed by atoms with Crippen LogP contribution in [0, 0.1) is 22.4 Å². The predicted octanol–water partition coefficient (Wildman–Crippen LogP) is 4.97. The number of piperidine rings is 2. The Hall–Kier alpha value is -1.74. The summed E-state index contributed by atoms with van der Waals surface area (Å²) in [6.07, 6.45) is 8.75. The van der Waals surface area contributed by atoms with Gasteiger partial charge in [-0.2, -0.15) is 5.01 Å². The molecule has 1 N–H and O–H groups in total. The number of likely N-dealkylation sites (tertiary alicyclic amines) is 1. The van der Waals surface area contributed by atoms with Gasteiger partial charge in [-0.25, -0.2) is 9.18 Å². The molecule has 4 fully saturated rings. The monoisotopic (exact) mass is 558 g/mol. The lowest BCUT2D eigenvalue weighted by Crippen LogP contribution is -3.19. The van der Waals surface area contributed by atoms with Crippen molar-refractivity contribution in [2.24, 2.45) is 11.3 Å². The van der Waals surface area contributed by atoms with E-state index in [1.54, 1.807) is 0 Å². The zero-order valence-corrected chi connectivity index (χ0v) is 25.4. The number of hydrogen-bond donors (Lipinski definition) is 1. The SMILES string of the molecule is CC(C)(C)N1CCC([NH+]([O-])N2CCC(CN3C(=O)OCC3(C)C)(C3CCCCC3)CC2)C(c2ccc(F)cc2)C1. The summed E-state index contributed by atoms with van der Waals surface area (Å²) in [6, 6.07) is 6.69. The summed E-state index contributed by atoms with van der Waals surface area (Å²) in [5.41, 5.74) is 0.803. The third kappa shape index (κ3) is 6.06. The van der Waals surface area contributed by atoms with Gasteiger partial charge in [0.15, 0.2) is 0 Å². The average Bonchev–Trinajstić information content (AvgIpc) is 3.20. The van der Waals surface area contributed by atoms with Gasteiger partial charge >= 0.3 is 6.09 Å². The van der Waals surface area contributed by atoms with Crippen LogP contribution in [-0.4, -0.2) is 77.4 Å². The number of nitrogens with zero attached hydrogens (tertiary/aromatic N) is 3. The van der Waals surface area contributed by atoms with Crippen molar-refractivity contribution in [2.75, 3.05) is 39.3 Å². The maximum absolute atomic E-state index is 14.2. The fourth-order valence-electron chi connectivity index (χ4n) is 7.96. The van der Waals surface area contributed by atoms with Crippen LogP contribution in [0.2, 0.25) is 0 Å². The Bertz CT molecular complexity index is 1010. The number of hydroxylamine groups is 1. The normalized spacial score (nSPS) is 29.4. The molecule has 0 aromatic heterocycles. The molecule has 1 aromatic carbocycles. The smallest absolute Gasteiger partial charge is 0.410 e. The number of carbonyl (C=O) groups is 1. The number of rotatable bonds is 6. The summed E-state index contributed by atoms with van der Waals surface area (Å²) < 4.78 is 19.3. The molecule has 7 nitrogen and oxygen atoms in total. The number of ether oxygens (including phenoxy) is 1. The third-order valence-corrected chi connectivity index (χ3v) is 10.7. The van der Waals surface area contributed by atoms with Crippen LogP contribution in [0.5, 0.6) is 0 Å². The molecule has 3 heterocycles. The van der Waals surface area contributed by atoms with Crippen molar-refractivity contribution in [2.45, 2.75) is 109 Å². The molecule has 1 aliphatic carbocycles. The van der Waals surface area contributed by atoms with Crippen molar-refractivity contribution >= 4 is 6.09 Å². The van der Waals surface area contributed by atoms with Crippen molar-refractivity contribution in [1.82, 2.24) is 14.8 Å².